The molecule has 192 valence electrons. The van der Waals surface area contributed by atoms with Crippen molar-refractivity contribution >= 4 is 28.6 Å². The first-order valence-corrected chi connectivity index (χ1v) is 13.3. The quantitative estimate of drug-likeness (QED) is 0.349. The lowest BCUT2D eigenvalue weighted by molar-refractivity contribution is -0.142. The standard InChI is InChI=1S/C27H32FN3O4S/c1-3-35-25(33)14-19-15-29-31(16-19)13-10-21-17-30(12-11-24(21)36-18(2)32)26(27(34)20-8-9-20)22-6-4-5-7-23(22)28/h4-7,10,15-16,20,24,26H,3,8-9,11-14,17H2,1-2H3/b21-10-. The maximum atomic E-state index is 14.8. The highest BCUT2D eigenvalue weighted by Crippen LogP contribution is 2.40. The van der Waals surface area contributed by atoms with E-state index in [2.05, 4.69) is 10.00 Å². The van der Waals surface area contributed by atoms with Crippen LogP contribution >= 0.6 is 11.8 Å². The lowest BCUT2D eigenvalue weighted by Crippen LogP contribution is -2.43. The van der Waals surface area contributed by atoms with Gasteiger partial charge in [-0.25, -0.2) is 4.39 Å². The number of carbonyl (C=O) groups is 3. The van der Waals surface area contributed by atoms with Crippen LogP contribution in [0.2, 0.25) is 0 Å². The maximum Gasteiger partial charge on any atom is 0.310 e. The van der Waals surface area contributed by atoms with Crippen molar-refractivity contribution in [3.8, 4) is 0 Å². The Bertz CT molecular complexity index is 1140. The van der Waals surface area contributed by atoms with Crippen LogP contribution in [0, 0.1) is 11.7 Å². The van der Waals surface area contributed by atoms with Crippen molar-refractivity contribution in [2.75, 3.05) is 19.7 Å². The molecule has 9 heteroatoms. The Kier molecular flexibility index (Phi) is 8.74. The highest BCUT2D eigenvalue weighted by Gasteiger charge is 2.41. The molecule has 2 aliphatic rings. The molecule has 1 saturated carbocycles. The van der Waals surface area contributed by atoms with Gasteiger partial charge >= 0.3 is 5.97 Å². The minimum atomic E-state index is -0.633. The Morgan fingerprint density at radius 3 is 2.72 bits per heavy atom. The summed E-state index contributed by atoms with van der Waals surface area (Å²) >= 11 is 1.29. The van der Waals surface area contributed by atoms with E-state index in [1.54, 1.807) is 49.1 Å². The summed E-state index contributed by atoms with van der Waals surface area (Å²) in [6.45, 7) is 5.20. The molecule has 0 radical (unpaired) electrons. The highest BCUT2D eigenvalue weighted by atomic mass is 32.2. The van der Waals surface area contributed by atoms with Crippen LogP contribution in [0.4, 0.5) is 4.39 Å². The van der Waals surface area contributed by atoms with E-state index in [9.17, 15) is 18.8 Å². The molecule has 7 nitrogen and oxygen atoms in total. The number of thioether (sulfide) groups is 1. The smallest absolute Gasteiger partial charge is 0.310 e. The van der Waals surface area contributed by atoms with Crippen molar-refractivity contribution in [3.63, 3.8) is 0 Å². The van der Waals surface area contributed by atoms with Gasteiger partial charge in [-0.15, -0.1) is 0 Å². The number of nitrogens with zero attached hydrogens (tertiary/aromatic N) is 3. The minimum absolute atomic E-state index is 0.00625. The summed E-state index contributed by atoms with van der Waals surface area (Å²) in [5.74, 6) is -0.593. The molecule has 36 heavy (non-hydrogen) atoms. The number of hydrogen-bond donors (Lipinski definition) is 0. The zero-order chi connectivity index (χ0) is 25.7. The van der Waals surface area contributed by atoms with Crippen LogP contribution in [0.5, 0.6) is 0 Å². The van der Waals surface area contributed by atoms with Gasteiger partial charge in [-0.3, -0.25) is 24.0 Å². The molecule has 0 bridgehead atoms. The lowest BCUT2D eigenvalue weighted by Gasteiger charge is -2.38. The van der Waals surface area contributed by atoms with E-state index in [-0.39, 0.29) is 40.3 Å². The first kappa shape index (κ1) is 26.3. The fourth-order valence-corrected chi connectivity index (χ4v) is 5.59. The number of aromatic nitrogens is 2. The molecule has 1 aromatic carbocycles. The highest BCUT2D eigenvalue weighted by molar-refractivity contribution is 8.14. The topological polar surface area (TPSA) is 81.5 Å². The molecule has 2 heterocycles. The van der Waals surface area contributed by atoms with Crippen molar-refractivity contribution in [2.45, 2.75) is 57.4 Å². The molecule has 2 aromatic rings. The zero-order valence-corrected chi connectivity index (χ0v) is 21.5. The molecule has 2 fully saturated rings. The van der Waals surface area contributed by atoms with Crippen LogP contribution in [0.15, 0.2) is 48.3 Å². The van der Waals surface area contributed by atoms with Gasteiger partial charge in [0.15, 0.2) is 10.9 Å². The van der Waals surface area contributed by atoms with Crippen molar-refractivity contribution in [1.29, 1.82) is 0 Å². The third-order valence-corrected chi connectivity index (χ3v) is 7.64. The van der Waals surface area contributed by atoms with Crippen LogP contribution in [0.3, 0.4) is 0 Å². The first-order chi connectivity index (χ1) is 17.4. The average molecular weight is 514 g/mol. The van der Waals surface area contributed by atoms with Crippen molar-refractivity contribution in [3.05, 3.63) is 65.3 Å². The number of ether oxygens (including phenoxy) is 1. The molecule has 2 unspecified atom stereocenters. The Morgan fingerprint density at radius 2 is 2.03 bits per heavy atom. The van der Waals surface area contributed by atoms with E-state index in [4.69, 9.17) is 4.74 Å². The molecule has 1 aliphatic heterocycles. The molecule has 2 atom stereocenters. The molecule has 0 N–H and O–H groups in total. The summed E-state index contributed by atoms with van der Waals surface area (Å²) < 4.78 is 21.5. The number of benzene rings is 1. The van der Waals surface area contributed by atoms with Crippen molar-refractivity contribution < 1.29 is 23.5 Å². The fraction of sp³-hybridized carbons (Fsp3) is 0.481. The molecule has 1 aliphatic carbocycles. The van der Waals surface area contributed by atoms with E-state index in [1.165, 1.54) is 17.8 Å². The number of ketones is 1. The fourth-order valence-electron chi connectivity index (χ4n) is 4.64. The number of piperidine rings is 1. The Morgan fingerprint density at radius 1 is 1.25 bits per heavy atom. The molecule has 0 amide bonds. The second-order valence-corrected chi connectivity index (χ2v) is 10.7. The molecule has 4 rings (SSSR count). The number of rotatable bonds is 10. The van der Waals surface area contributed by atoms with Crippen LogP contribution in [0.25, 0.3) is 0 Å². The summed E-state index contributed by atoms with van der Waals surface area (Å²) in [5.41, 5.74) is 2.21. The van der Waals surface area contributed by atoms with Crippen molar-refractivity contribution in [1.82, 2.24) is 14.7 Å². The van der Waals surface area contributed by atoms with Gasteiger partial charge in [0.05, 0.1) is 31.8 Å². The third-order valence-electron chi connectivity index (χ3n) is 6.48. The van der Waals surface area contributed by atoms with Gasteiger partial charge in [-0.2, -0.15) is 5.10 Å². The second-order valence-electron chi connectivity index (χ2n) is 9.29. The van der Waals surface area contributed by atoms with Gasteiger partial charge in [-0.05, 0) is 37.8 Å². The Hall–Kier alpha value is -2.78. The predicted octanol–water partition coefficient (Wildman–Crippen LogP) is 4.13. The van der Waals surface area contributed by atoms with Crippen LogP contribution < -0.4 is 0 Å². The van der Waals surface area contributed by atoms with E-state index >= 15 is 0 Å². The largest absolute Gasteiger partial charge is 0.466 e. The van der Waals surface area contributed by atoms with E-state index in [1.807, 2.05) is 6.08 Å². The van der Waals surface area contributed by atoms with E-state index in [0.29, 0.717) is 38.2 Å². The second kappa shape index (κ2) is 12.0. The first-order valence-electron chi connectivity index (χ1n) is 12.4. The van der Waals surface area contributed by atoms with Gasteiger partial charge in [0.2, 0.25) is 0 Å². The lowest BCUT2D eigenvalue weighted by atomic mass is 9.93. The number of halogens is 1. The predicted molar refractivity (Wildman–Crippen MR) is 136 cm³/mol. The number of allylic oxidation sites excluding steroid dienone is 1. The van der Waals surface area contributed by atoms with Gasteiger partial charge in [-0.1, -0.05) is 36.0 Å². The third kappa shape index (κ3) is 6.70. The average Bonchev–Trinajstić information content (AvgIpc) is 3.60. The maximum absolute atomic E-state index is 14.8. The summed E-state index contributed by atoms with van der Waals surface area (Å²) in [6, 6.07) is 5.88. The van der Waals surface area contributed by atoms with Gasteiger partial charge in [0.25, 0.3) is 0 Å². The van der Waals surface area contributed by atoms with Crippen LogP contribution in [-0.4, -0.2) is 56.5 Å². The Balaban J connectivity index is 1.54. The Labute approximate surface area is 215 Å². The summed E-state index contributed by atoms with van der Waals surface area (Å²) in [5, 5.41) is 4.37. The summed E-state index contributed by atoms with van der Waals surface area (Å²) in [6.07, 6.45) is 8.05. The summed E-state index contributed by atoms with van der Waals surface area (Å²) in [4.78, 5) is 39.0. The number of esters is 1. The zero-order valence-electron chi connectivity index (χ0n) is 20.7. The number of likely N-dealkylation sites (tertiary alicyclic amines) is 1. The molecular formula is C27H32FN3O4S. The van der Waals surface area contributed by atoms with Gasteiger partial charge < -0.3 is 4.74 Å². The van der Waals surface area contributed by atoms with Crippen LogP contribution in [0.1, 0.15) is 50.3 Å². The normalized spacial score (nSPS) is 20.3. The molecule has 1 saturated heterocycles. The summed E-state index contributed by atoms with van der Waals surface area (Å²) in [7, 11) is 0. The van der Waals surface area contributed by atoms with Crippen LogP contribution in [-0.2, 0) is 32.1 Å². The van der Waals surface area contributed by atoms with Gasteiger partial charge in [0, 0.05) is 48.5 Å². The SMILES string of the molecule is CCOC(=O)Cc1cnn(C/C=C2/CN(C(C(=O)C3CC3)c3ccccc3F)CCC2SC(C)=O)c1. The van der Waals surface area contributed by atoms with E-state index < -0.39 is 6.04 Å². The molecule has 0 spiro atoms. The monoisotopic (exact) mass is 513 g/mol. The molecule has 1 aromatic heterocycles. The number of Topliss-reactive ketones (excluding diaryl/α,β-unsaturated/α-hetero) is 1. The van der Waals surface area contributed by atoms with E-state index in [0.717, 1.165) is 24.0 Å². The van der Waals surface area contributed by atoms with Crippen molar-refractivity contribution in [2.24, 2.45) is 5.92 Å². The minimum Gasteiger partial charge on any atom is -0.466 e. The van der Waals surface area contributed by atoms with Gasteiger partial charge in [0.1, 0.15) is 5.82 Å². The molecular weight excluding hydrogens is 481 g/mol. The number of hydrogen-bond acceptors (Lipinski definition) is 7. The number of carbonyl (C=O) groups excluding carboxylic acids is 3.